The molecule has 0 aromatic heterocycles. The van der Waals surface area contributed by atoms with Crippen LogP contribution in [0.1, 0.15) is 11.1 Å². The van der Waals surface area contributed by atoms with Crippen LogP contribution in [0.3, 0.4) is 0 Å². The molecule has 0 aliphatic carbocycles. The van der Waals surface area contributed by atoms with Crippen molar-refractivity contribution in [2.24, 2.45) is 0 Å². The molecule has 1 aromatic carbocycles. The van der Waals surface area contributed by atoms with Crippen LogP contribution in [-0.4, -0.2) is 10.2 Å². The van der Waals surface area contributed by atoms with Crippen molar-refractivity contribution in [3.63, 3.8) is 0 Å². The van der Waals surface area contributed by atoms with Gasteiger partial charge in [0.25, 0.3) is 0 Å². The van der Waals surface area contributed by atoms with E-state index in [-0.39, 0.29) is 12.4 Å². The summed E-state index contributed by atoms with van der Waals surface area (Å²) in [5, 5.41) is 18.0. The van der Waals surface area contributed by atoms with Crippen LogP contribution in [0.25, 0.3) is 0 Å². The van der Waals surface area contributed by atoms with Gasteiger partial charge in [-0.15, -0.1) is 0 Å². The van der Waals surface area contributed by atoms with Gasteiger partial charge in [-0.1, -0.05) is 15.9 Å². The highest BCUT2D eigenvalue weighted by Crippen LogP contribution is 2.25. The Bertz CT molecular complexity index is 271. The van der Waals surface area contributed by atoms with Crippen molar-refractivity contribution >= 4 is 15.9 Å². The van der Waals surface area contributed by atoms with Crippen molar-refractivity contribution in [1.82, 2.24) is 0 Å². The first kappa shape index (κ1) is 8.56. The molecule has 1 rings (SSSR count). The highest BCUT2D eigenvalue weighted by Gasteiger charge is 2.02. The number of benzene rings is 1. The molecule has 0 atom stereocenters. The smallest absolute Gasteiger partial charge is 0.121 e. The van der Waals surface area contributed by atoms with Gasteiger partial charge < -0.3 is 10.2 Å². The van der Waals surface area contributed by atoms with Crippen LogP contribution in [0.2, 0.25) is 0 Å². The maximum atomic E-state index is 9.23. The number of halogens is 1. The standard InChI is InChI=1S/C8H9BrO2/c1-5-2-8(11)6(4-10)3-7(5)9/h2-3,10-11H,4H2,1H3. The quantitative estimate of drug-likeness (QED) is 0.754. The molecular weight excluding hydrogens is 208 g/mol. The second-order valence-corrected chi connectivity index (χ2v) is 3.24. The molecule has 0 amide bonds. The van der Waals surface area contributed by atoms with E-state index in [0.29, 0.717) is 5.56 Å². The summed E-state index contributed by atoms with van der Waals surface area (Å²) in [6.45, 7) is 1.75. The normalized spacial score (nSPS) is 10.1. The lowest BCUT2D eigenvalue weighted by molar-refractivity contribution is 0.275. The molecule has 0 spiro atoms. The van der Waals surface area contributed by atoms with E-state index in [1.165, 1.54) is 0 Å². The van der Waals surface area contributed by atoms with E-state index < -0.39 is 0 Å². The lowest BCUT2D eigenvalue weighted by Crippen LogP contribution is -1.86. The second kappa shape index (κ2) is 3.24. The summed E-state index contributed by atoms with van der Waals surface area (Å²) in [4.78, 5) is 0. The second-order valence-electron chi connectivity index (χ2n) is 2.39. The summed E-state index contributed by atoms with van der Waals surface area (Å²) in [6.07, 6.45) is 0. The molecule has 2 nitrogen and oxygen atoms in total. The molecule has 0 aliphatic rings. The molecule has 0 fully saturated rings. The van der Waals surface area contributed by atoms with Crippen LogP contribution in [0.4, 0.5) is 0 Å². The summed E-state index contributed by atoms with van der Waals surface area (Å²) in [5.74, 6) is 0.146. The minimum absolute atomic E-state index is 0.134. The Balaban J connectivity index is 3.21. The minimum atomic E-state index is -0.134. The largest absolute Gasteiger partial charge is 0.508 e. The van der Waals surface area contributed by atoms with E-state index in [2.05, 4.69) is 15.9 Å². The van der Waals surface area contributed by atoms with Gasteiger partial charge in [0.1, 0.15) is 5.75 Å². The zero-order valence-corrected chi connectivity index (χ0v) is 7.72. The Morgan fingerprint density at radius 2 is 2.09 bits per heavy atom. The maximum absolute atomic E-state index is 9.23. The third kappa shape index (κ3) is 1.73. The molecule has 60 valence electrons. The number of aromatic hydroxyl groups is 1. The van der Waals surface area contributed by atoms with Crippen LogP contribution >= 0.6 is 15.9 Å². The average molecular weight is 217 g/mol. The third-order valence-corrected chi connectivity index (χ3v) is 2.38. The topological polar surface area (TPSA) is 40.5 Å². The van der Waals surface area contributed by atoms with Gasteiger partial charge in [-0.25, -0.2) is 0 Å². The van der Waals surface area contributed by atoms with Gasteiger partial charge >= 0.3 is 0 Å². The minimum Gasteiger partial charge on any atom is -0.508 e. The van der Waals surface area contributed by atoms with Crippen molar-refractivity contribution in [1.29, 1.82) is 0 Å². The number of aliphatic hydroxyl groups is 1. The van der Waals surface area contributed by atoms with Crippen molar-refractivity contribution < 1.29 is 10.2 Å². The van der Waals surface area contributed by atoms with Gasteiger partial charge in [-0.3, -0.25) is 0 Å². The van der Waals surface area contributed by atoms with E-state index in [1.807, 2.05) is 6.92 Å². The molecule has 11 heavy (non-hydrogen) atoms. The zero-order chi connectivity index (χ0) is 8.43. The lowest BCUT2D eigenvalue weighted by Gasteiger charge is -2.03. The molecule has 0 unspecified atom stereocenters. The highest BCUT2D eigenvalue weighted by atomic mass is 79.9. The molecule has 0 bridgehead atoms. The van der Waals surface area contributed by atoms with Crippen LogP contribution in [-0.2, 0) is 6.61 Å². The number of aliphatic hydroxyl groups excluding tert-OH is 1. The first-order valence-corrected chi connectivity index (χ1v) is 4.03. The van der Waals surface area contributed by atoms with Crippen molar-refractivity contribution in [2.75, 3.05) is 0 Å². The third-order valence-electron chi connectivity index (χ3n) is 1.53. The van der Waals surface area contributed by atoms with E-state index in [9.17, 15) is 5.11 Å². The monoisotopic (exact) mass is 216 g/mol. The van der Waals surface area contributed by atoms with Gasteiger partial charge in [0.2, 0.25) is 0 Å². The molecule has 2 N–H and O–H groups in total. The van der Waals surface area contributed by atoms with Crippen LogP contribution in [0.15, 0.2) is 16.6 Å². The Morgan fingerprint density at radius 3 is 2.64 bits per heavy atom. The van der Waals surface area contributed by atoms with E-state index in [0.717, 1.165) is 10.0 Å². The van der Waals surface area contributed by atoms with Crippen LogP contribution in [0.5, 0.6) is 5.75 Å². The van der Waals surface area contributed by atoms with Crippen molar-refractivity contribution in [3.05, 3.63) is 27.7 Å². The molecule has 0 saturated heterocycles. The fraction of sp³-hybridized carbons (Fsp3) is 0.250. The maximum Gasteiger partial charge on any atom is 0.121 e. The van der Waals surface area contributed by atoms with Gasteiger partial charge in [-0.2, -0.15) is 0 Å². The number of hydrogen-bond donors (Lipinski definition) is 2. The Hall–Kier alpha value is -0.540. The van der Waals surface area contributed by atoms with Crippen molar-refractivity contribution in [2.45, 2.75) is 13.5 Å². The first-order chi connectivity index (χ1) is 5.15. The van der Waals surface area contributed by atoms with E-state index in [4.69, 9.17) is 5.11 Å². The molecule has 0 radical (unpaired) electrons. The molecule has 0 heterocycles. The van der Waals surface area contributed by atoms with Gasteiger partial charge in [0, 0.05) is 10.0 Å². The number of rotatable bonds is 1. The fourth-order valence-electron chi connectivity index (χ4n) is 0.834. The Kier molecular flexibility index (Phi) is 2.52. The zero-order valence-electron chi connectivity index (χ0n) is 6.13. The molecule has 0 aliphatic heterocycles. The van der Waals surface area contributed by atoms with Gasteiger partial charge in [-0.05, 0) is 24.6 Å². The predicted molar refractivity (Wildman–Crippen MR) is 46.5 cm³/mol. The van der Waals surface area contributed by atoms with E-state index >= 15 is 0 Å². The lowest BCUT2D eigenvalue weighted by atomic mass is 10.1. The highest BCUT2D eigenvalue weighted by molar-refractivity contribution is 9.10. The summed E-state index contributed by atoms with van der Waals surface area (Å²) in [6, 6.07) is 3.33. The molecule has 1 aromatic rings. The van der Waals surface area contributed by atoms with E-state index in [1.54, 1.807) is 12.1 Å². The predicted octanol–water partition coefficient (Wildman–Crippen LogP) is 1.96. The van der Waals surface area contributed by atoms with Crippen LogP contribution in [0, 0.1) is 6.92 Å². The summed E-state index contributed by atoms with van der Waals surface area (Å²) in [7, 11) is 0. The van der Waals surface area contributed by atoms with Crippen LogP contribution < -0.4 is 0 Å². The number of aryl methyl sites for hydroxylation is 1. The fourth-order valence-corrected chi connectivity index (χ4v) is 1.22. The Labute approximate surface area is 73.6 Å². The molecule has 3 heteroatoms. The molecule has 0 saturated carbocycles. The summed E-state index contributed by atoms with van der Waals surface area (Å²) >= 11 is 3.30. The molecular formula is C8H9BrO2. The average Bonchev–Trinajstić information content (AvgIpc) is 1.97. The van der Waals surface area contributed by atoms with Gasteiger partial charge in [0.15, 0.2) is 0 Å². The Morgan fingerprint density at radius 1 is 1.45 bits per heavy atom. The van der Waals surface area contributed by atoms with Crippen molar-refractivity contribution in [3.8, 4) is 5.75 Å². The number of phenols is 1. The van der Waals surface area contributed by atoms with Gasteiger partial charge in [0.05, 0.1) is 6.61 Å². The first-order valence-electron chi connectivity index (χ1n) is 3.24. The summed E-state index contributed by atoms with van der Waals surface area (Å²) < 4.78 is 0.902. The summed E-state index contributed by atoms with van der Waals surface area (Å²) in [5.41, 5.74) is 1.50. The SMILES string of the molecule is Cc1cc(O)c(CO)cc1Br. The number of hydrogen-bond acceptors (Lipinski definition) is 2.